The Bertz CT molecular complexity index is 818. The number of rotatable bonds is 4. The van der Waals surface area contributed by atoms with Gasteiger partial charge in [0.1, 0.15) is 0 Å². The number of carbonyl (C=O) groups is 2. The standard InChI is InChI=1S/C20H21Cl2N3O2/c1-14(19(26)23-18-7-5-16(21)6-8-18)24-9-11-25(12-10-24)20(27)15-3-2-4-17(22)13-15/h2-8,13-14H,9-12H2,1H3,(H,23,26). The van der Waals surface area contributed by atoms with Crippen LogP contribution in [0.25, 0.3) is 0 Å². The predicted molar refractivity (Wildman–Crippen MR) is 108 cm³/mol. The third-order valence-corrected chi connectivity index (χ3v) is 5.20. The summed E-state index contributed by atoms with van der Waals surface area (Å²) in [4.78, 5) is 29.0. The van der Waals surface area contributed by atoms with Gasteiger partial charge in [0.05, 0.1) is 6.04 Å². The highest BCUT2D eigenvalue weighted by atomic mass is 35.5. The SMILES string of the molecule is CC(C(=O)Nc1ccc(Cl)cc1)N1CCN(C(=O)c2cccc(Cl)c2)CC1. The molecular formula is C20H21Cl2N3O2. The first-order chi connectivity index (χ1) is 12.9. The molecule has 1 atom stereocenters. The minimum Gasteiger partial charge on any atom is -0.336 e. The Balaban J connectivity index is 1.54. The molecule has 7 heteroatoms. The Morgan fingerprint density at radius 2 is 1.63 bits per heavy atom. The lowest BCUT2D eigenvalue weighted by molar-refractivity contribution is -0.121. The van der Waals surface area contributed by atoms with Crippen LogP contribution < -0.4 is 5.32 Å². The third kappa shape index (κ3) is 5.01. The molecule has 27 heavy (non-hydrogen) atoms. The average Bonchev–Trinajstić information content (AvgIpc) is 2.68. The predicted octanol–water partition coefficient (Wildman–Crippen LogP) is 3.78. The molecule has 0 saturated carbocycles. The van der Waals surface area contributed by atoms with Crippen LogP contribution in [0.4, 0.5) is 5.69 Å². The fourth-order valence-corrected chi connectivity index (χ4v) is 3.38. The number of hydrogen-bond donors (Lipinski definition) is 1. The van der Waals surface area contributed by atoms with E-state index in [9.17, 15) is 9.59 Å². The Morgan fingerprint density at radius 1 is 0.963 bits per heavy atom. The Morgan fingerprint density at radius 3 is 2.26 bits per heavy atom. The van der Waals surface area contributed by atoms with Crippen LogP contribution >= 0.6 is 23.2 Å². The second-order valence-electron chi connectivity index (χ2n) is 6.51. The van der Waals surface area contributed by atoms with Crippen LogP contribution in [0.1, 0.15) is 17.3 Å². The van der Waals surface area contributed by atoms with E-state index in [1.807, 2.05) is 6.92 Å². The summed E-state index contributed by atoms with van der Waals surface area (Å²) in [5, 5.41) is 4.07. The molecule has 0 aliphatic carbocycles. The van der Waals surface area contributed by atoms with E-state index in [0.29, 0.717) is 47.5 Å². The van der Waals surface area contributed by atoms with Crippen molar-refractivity contribution in [2.24, 2.45) is 0 Å². The van der Waals surface area contributed by atoms with Gasteiger partial charge in [-0.1, -0.05) is 29.3 Å². The molecule has 0 spiro atoms. The summed E-state index contributed by atoms with van der Waals surface area (Å²) in [6.07, 6.45) is 0. The molecule has 0 radical (unpaired) electrons. The van der Waals surface area contributed by atoms with E-state index in [1.165, 1.54) is 0 Å². The first kappa shape index (κ1) is 19.7. The molecule has 2 aromatic rings. The molecule has 5 nitrogen and oxygen atoms in total. The van der Waals surface area contributed by atoms with Gasteiger partial charge in [-0.05, 0) is 49.4 Å². The molecule has 3 rings (SSSR count). The zero-order chi connectivity index (χ0) is 19.4. The normalized spacial score (nSPS) is 16.0. The van der Waals surface area contributed by atoms with Gasteiger partial charge in [-0.15, -0.1) is 0 Å². The van der Waals surface area contributed by atoms with Crippen LogP contribution in [0.5, 0.6) is 0 Å². The van der Waals surface area contributed by atoms with Crippen LogP contribution in [0.15, 0.2) is 48.5 Å². The molecule has 0 aromatic heterocycles. The summed E-state index contributed by atoms with van der Waals surface area (Å²) in [7, 11) is 0. The van der Waals surface area contributed by atoms with Gasteiger partial charge < -0.3 is 10.2 Å². The molecule has 1 fully saturated rings. The van der Waals surface area contributed by atoms with Gasteiger partial charge in [0, 0.05) is 47.5 Å². The summed E-state index contributed by atoms with van der Waals surface area (Å²) in [5.74, 6) is -0.109. The topological polar surface area (TPSA) is 52.7 Å². The average molecular weight is 406 g/mol. The van der Waals surface area contributed by atoms with Gasteiger partial charge >= 0.3 is 0 Å². The largest absolute Gasteiger partial charge is 0.336 e. The quantitative estimate of drug-likeness (QED) is 0.841. The van der Waals surface area contributed by atoms with Gasteiger partial charge in [-0.2, -0.15) is 0 Å². The molecule has 0 bridgehead atoms. The van der Waals surface area contributed by atoms with E-state index in [4.69, 9.17) is 23.2 Å². The summed E-state index contributed by atoms with van der Waals surface area (Å²) < 4.78 is 0. The van der Waals surface area contributed by atoms with Crippen molar-refractivity contribution in [2.45, 2.75) is 13.0 Å². The number of benzene rings is 2. The van der Waals surface area contributed by atoms with Crippen molar-refractivity contribution in [2.75, 3.05) is 31.5 Å². The van der Waals surface area contributed by atoms with Gasteiger partial charge in [-0.3, -0.25) is 14.5 Å². The molecule has 2 aromatic carbocycles. The molecule has 2 amide bonds. The van der Waals surface area contributed by atoms with Gasteiger partial charge in [0.15, 0.2) is 0 Å². The summed E-state index contributed by atoms with van der Waals surface area (Å²) in [5.41, 5.74) is 1.30. The Hall–Kier alpha value is -2.08. The van der Waals surface area contributed by atoms with E-state index >= 15 is 0 Å². The van der Waals surface area contributed by atoms with E-state index < -0.39 is 0 Å². The molecule has 1 aliphatic rings. The summed E-state index contributed by atoms with van der Waals surface area (Å²) in [6.45, 7) is 4.30. The van der Waals surface area contributed by atoms with Crippen LogP contribution in [0, 0.1) is 0 Å². The lowest BCUT2D eigenvalue weighted by Gasteiger charge is -2.37. The minimum atomic E-state index is -0.288. The lowest BCUT2D eigenvalue weighted by atomic mass is 10.1. The highest BCUT2D eigenvalue weighted by molar-refractivity contribution is 6.31. The number of anilines is 1. The number of nitrogens with one attached hydrogen (secondary N) is 1. The van der Waals surface area contributed by atoms with Crippen LogP contribution in [0.2, 0.25) is 10.0 Å². The fourth-order valence-electron chi connectivity index (χ4n) is 3.06. The number of piperazine rings is 1. The van der Waals surface area contributed by atoms with Gasteiger partial charge in [0.25, 0.3) is 5.91 Å². The maximum absolute atomic E-state index is 12.6. The smallest absolute Gasteiger partial charge is 0.253 e. The van der Waals surface area contributed by atoms with E-state index in [2.05, 4.69) is 10.2 Å². The molecular weight excluding hydrogens is 385 g/mol. The highest BCUT2D eigenvalue weighted by Crippen LogP contribution is 2.17. The molecule has 1 aliphatic heterocycles. The van der Waals surface area contributed by atoms with Crippen molar-refractivity contribution in [3.8, 4) is 0 Å². The molecule has 1 N–H and O–H groups in total. The van der Waals surface area contributed by atoms with E-state index in [1.54, 1.807) is 53.4 Å². The number of carbonyl (C=O) groups excluding carboxylic acids is 2. The van der Waals surface area contributed by atoms with E-state index in [0.717, 1.165) is 0 Å². The summed E-state index contributed by atoms with van der Waals surface area (Å²) >= 11 is 11.8. The highest BCUT2D eigenvalue weighted by Gasteiger charge is 2.28. The van der Waals surface area contributed by atoms with Crippen molar-refractivity contribution in [1.82, 2.24) is 9.80 Å². The fraction of sp³-hybridized carbons (Fsp3) is 0.300. The van der Waals surface area contributed by atoms with Crippen molar-refractivity contribution in [3.63, 3.8) is 0 Å². The number of halogens is 2. The van der Waals surface area contributed by atoms with Crippen molar-refractivity contribution in [1.29, 1.82) is 0 Å². The Kier molecular flexibility index (Phi) is 6.37. The monoisotopic (exact) mass is 405 g/mol. The van der Waals surface area contributed by atoms with Gasteiger partial charge in [-0.25, -0.2) is 0 Å². The zero-order valence-electron chi connectivity index (χ0n) is 15.0. The first-order valence-electron chi connectivity index (χ1n) is 8.79. The maximum Gasteiger partial charge on any atom is 0.253 e. The van der Waals surface area contributed by atoms with Gasteiger partial charge in [0.2, 0.25) is 5.91 Å². The third-order valence-electron chi connectivity index (χ3n) is 4.71. The zero-order valence-corrected chi connectivity index (χ0v) is 16.5. The molecule has 1 saturated heterocycles. The van der Waals surface area contributed by atoms with Crippen molar-refractivity contribution in [3.05, 3.63) is 64.1 Å². The van der Waals surface area contributed by atoms with Crippen LogP contribution in [-0.2, 0) is 4.79 Å². The Labute approximate surface area is 168 Å². The van der Waals surface area contributed by atoms with Crippen molar-refractivity contribution >= 4 is 40.7 Å². The lowest BCUT2D eigenvalue weighted by Crippen LogP contribution is -2.54. The summed E-state index contributed by atoms with van der Waals surface area (Å²) in [6, 6.07) is 13.7. The molecule has 1 heterocycles. The number of nitrogens with zero attached hydrogens (tertiary/aromatic N) is 2. The van der Waals surface area contributed by atoms with E-state index in [-0.39, 0.29) is 17.9 Å². The number of hydrogen-bond acceptors (Lipinski definition) is 3. The van der Waals surface area contributed by atoms with Crippen LogP contribution in [-0.4, -0.2) is 53.8 Å². The van der Waals surface area contributed by atoms with Crippen molar-refractivity contribution < 1.29 is 9.59 Å². The maximum atomic E-state index is 12.6. The first-order valence-corrected chi connectivity index (χ1v) is 9.55. The molecule has 1 unspecified atom stereocenters. The second-order valence-corrected chi connectivity index (χ2v) is 7.38. The second kappa shape index (κ2) is 8.74. The molecule has 142 valence electrons. The van der Waals surface area contributed by atoms with Crippen LogP contribution in [0.3, 0.4) is 0 Å². The minimum absolute atomic E-state index is 0.0320. The number of amides is 2.